The van der Waals surface area contributed by atoms with Gasteiger partial charge in [-0.2, -0.15) is 5.10 Å². The number of nitrogens with zero attached hydrogens (tertiary/aromatic N) is 3. The summed E-state index contributed by atoms with van der Waals surface area (Å²) in [6.07, 6.45) is 3.15. The summed E-state index contributed by atoms with van der Waals surface area (Å²) in [7, 11) is 0. The largest absolute Gasteiger partial charge is 0.494 e. The van der Waals surface area contributed by atoms with Crippen LogP contribution in [0.15, 0.2) is 84.1 Å². The second-order valence-electron chi connectivity index (χ2n) is 8.50. The standard InChI is InChI=1S/C28H28N4O5/c1-2-37-24-13-9-21(10-14-24)27(33)15-16-28(34)30-29-17-22-19-31(26-6-4-3-5-25(22)26)18-20-7-11-23(12-8-20)32(35)36/h3-14,17,19,27,33H,2,15-16,18H2,1H3,(H,30,34)/b29-17-/t27-/m0/s1. The smallest absolute Gasteiger partial charge is 0.269 e. The molecule has 0 radical (unpaired) electrons. The molecule has 4 rings (SSSR count). The average Bonchev–Trinajstić information content (AvgIpc) is 3.25. The van der Waals surface area contributed by atoms with Crippen LogP contribution in [-0.4, -0.2) is 33.3 Å². The van der Waals surface area contributed by atoms with Crippen LogP contribution in [0.25, 0.3) is 10.9 Å². The van der Waals surface area contributed by atoms with Crippen molar-refractivity contribution >= 4 is 28.7 Å². The predicted octanol–water partition coefficient (Wildman–Crippen LogP) is 4.96. The minimum Gasteiger partial charge on any atom is -0.494 e. The van der Waals surface area contributed by atoms with Crippen molar-refractivity contribution in [2.75, 3.05) is 6.61 Å². The Morgan fingerprint density at radius 2 is 1.86 bits per heavy atom. The number of hydrogen-bond donors (Lipinski definition) is 2. The zero-order chi connectivity index (χ0) is 26.2. The van der Waals surface area contributed by atoms with Gasteiger partial charge < -0.3 is 14.4 Å². The third-order valence-electron chi connectivity index (χ3n) is 5.93. The number of carbonyl (C=O) groups is 1. The summed E-state index contributed by atoms with van der Waals surface area (Å²) in [5.74, 6) is 0.440. The Kier molecular flexibility index (Phi) is 8.27. The van der Waals surface area contributed by atoms with Crippen molar-refractivity contribution < 1.29 is 19.6 Å². The molecular formula is C28H28N4O5. The number of rotatable bonds is 11. The minimum absolute atomic E-state index is 0.0525. The molecule has 9 nitrogen and oxygen atoms in total. The molecule has 0 aliphatic carbocycles. The lowest BCUT2D eigenvalue weighted by atomic mass is 10.0. The Hall–Kier alpha value is -4.50. The number of hydrazone groups is 1. The molecule has 1 atom stereocenters. The Morgan fingerprint density at radius 3 is 2.57 bits per heavy atom. The van der Waals surface area contributed by atoms with Gasteiger partial charge in [-0.05, 0) is 42.7 Å². The van der Waals surface area contributed by atoms with Gasteiger partial charge in [0.1, 0.15) is 5.75 Å². The third-order valence-corrected chi connectivity index (χ3v) is 5.93. The first kappa shape index (κ1) is 25.6. The highest BCUT2D eigenvalue weighted by molar-refractivity contribution is 5.99. The third kappa shape index (κ3) is 6.59. The van der Waals surface area contributed by atoms with E-state index >= 15 is 0 Å². The first-order chi connectivity index (χ1) is 17.9. The van der Waals surface area contributed by atoms with Crippen molar-refractivity contribution in [1.82, 2.24) is 9.99 Å². The number of fused-ring (bicyclic) bond motifs is 1. The lowest BCUT2D eigenvalue weighted by Gasteiger charge is -2.11. The maximum atomic E-state index is 12.3. The molecule has 37 heavy (non-hydrogen) atoms. The maximum Gasteiger partial charge on any atom is 0.269 e. The highest BCUT2D eigenvalue weighted by Gasteiger charge is 2.12. The monoisotopic (exact) mass is 500 g/mol. The number of aromatic nitrogens is 1. The van der Waals surface area contributed by atoms with E-state index in [0.29, 0.717) is 13.2 Å². The van der Waals surface area contributed by atoms with Crippen LogP contribution >= 0.6 is 0 Å². The van der Waals surface area contributed by atoms with Crippen LogP contribution in [0.1, 0.15) is 42.6 Å². The summed E-state index contributed by atoms with van der Waals surface area (Å²) in [5.41, 5.74) is 6.04. The molecule has 0 aliphatic rings. The molecule has 3 aromatic carbocycles. The van der Waals surface area contributed by atoms with Crippen LogP contribution in [0.3, 0.4) is 0 Å². The molecule has 4 aromatic rings. The highest BCUT2D eigenvalue weighted by atomic mass is 16.6. The molecule has 0 saturated carbocycles. The summed E-state index contributed by atoms with van der Waals surface area (Å²) < 4.78 is 7.44. The van der Waals surface area contributed by atoms with Crippen molar-refractivity contribution in [3.8, 4) is 5.75 Å². The van der Waals surface area contributed by atoms with Gasteiger partial charge in [0.15, 0.2) is 0 Å². The van der Waals surface area contributed by atoms with Crippen LogP contribution in [0.2, 0.25) is 0 Å². The van der Waals surface area contributed by atoms with Crippen LogP contribution in [0.5, 0.6) is 5.75 Å². The van der Waals surface area contributed by atoms with Gasteiger partial charge in [0.25, 0.3) is 5.69 Å². The van der Waals surface area contributed by atoms with Gasteiger partial charge >= 0.3 is 0 Å². The molecule has 0 spiro atoms. The number of aliphatic hydroxyl groups is 1. The number of amides is 1. The fraction of sp³-hybridized carbons (Fsp3) is 0.214. The van der Waals surface area contributed by atoms with Gasteiger partial charge in [0.05, 0.1) is 23.8 Å². The molecule has 0 aliphatic heterocycles. The molecule has 0 saturated heterocycles. The van der Waals surface area contributed by atoms with Gasteiger partial charge in [0, 0.05) is 47.8 Å². The Labute approximate surface area is 214 Å². The van der Waals surface area contributed by atoms with Gasteiger partial charge in [-0.1, -0.05) is 42.5 Å². The summed E-state index contributed by atoms with van der Waals surface area (Å²) in [5, 5.41) is 26.4. The van der Waals surface area contributed by atoms with Gasteiger partial charge in [-0.15, -0.1) is 0 Å². The number of non-ortho nitro benzene ring substituents is 1. The normalized spacial score (nSPS) is 12.1. The lowest BCUT2D eigenvalue weighted by molar-refractivity contribution is -0.384. The van der Waals surface area contributed by atoms with E-state index in [4.69, 9.17) is 4.74 Å². The first-order valence-corrected chi connectivity index (χ1v) is 12.0. The number of benzene rings is 3. The number of para-hydroxylation sites is 1. The first-order valence-electron chi connectivity index (χ1n) is 12.0. The molecule has 2 N–H and O–H groups in total. The van der Waals surface area contributed by atoms with Crippen molar-refractivity contribution in [3.05, 3.63) is 106 Å². The molecule has 190 valence electrons. The number of carbonyl (C=O) groups excluding carboxylic acids is 1. The van der Waals surface area contributed by atoms with Crippen molar-refractivity contribution in [3.63, 3.8) is 0 Å². The maximum absolute atomic E-state index is 12.3. The molecular weight excluding hydrogens is 472 g/mol. The zero-order valence-electron chi connectivity index (χ0n) is 20.4. The van der Waals surface area contributed by atoms with E-state index in [2.05, 4.69) is 10.5 Å². The van der Waals surface area contributed by atoms with E-state index < -0.39 is 11.0 Å². The molecule has 0 bridgehead atoms. The topological polar surface area (TPSA) is 119 Å². The fourth-order valence-electron chi connectivity index (χ4n) is 4.05. The molecule has 0 fully saturated rings. The summed E-state index contributed by atoms with van der Waals surface area (Å²) >= 11 is 0. The predicted molar refractivity (Wildman–Crippen MR) is 142 cm³/mol. The van der Waals surface area contributed by atoms with Gasteiger partial charge in [-0.3, -0.25) is 14.9 Å². The van der Waals surface area contributed by atoms with Gasteiger partial charge in [0.2, 0.25) is 5.91 Å². The van der Waals surface area contributed by atoms with Crippen molar-refractivity contribution in [2.24, 2.45) is 5.10 Å². The van der Waals surface area contributed by atoms with Crippen LogP contribution in [0.4, 0.5) is 5.69 Å². The molecule has 1 amide bonds. The Bertz CT molecular complexity index is 1390. The number of nitro groups is 1. The van der Waals surface area contributed by atoms with Crippen molar-refractivity contribution in [2.45, 2.75) is 32.4 Å². The Balaban J connectivity index is 1.36. The minimum atomic E-state index is -0.761. The number of aliphatic hydroxyl groups excluding tert-OH is 1. The van der Waals surface area contributed by atoms with E-state index in [9.17, 15) is 20.0 Å². The zero-order valence-corrected chi connectivity index (χ0v) is 20.4. The quantitative estimate of drug-likeness (QED) is 0.171. The SMILES string of the molecule is CCOc1ccc([C@@H](O)CCC(=O)N/N=C\c2cn(Cc3ccc([N+](=O)[O-])cc3)c3ccccc23)cc1. The number of nitrogens with one attached hydrogen (secondary N) is 1. The van der Waals surface area contributed by atoms with E-state index in [0.717, 1.165) is 33.3 Å². The lowest BCUT2D eigenvalue weighted by Crippen LogP contribution is -2.18. The molecule has 1 aromatic heterocycles. The molecule has 1 heterocycles. The second-order valence-corrected chi connectivity index (χ2v) is 8.50. The fourth-order valence-corrected chi connectivity index (χ4v) is 4.05. The van der Waals surface area contributed by atoms with Crippen molar-refractivity contribution in [1.29, 1.82) is 0 Å². The number of nitro benzene ring substituents is 1. The molecule has 0 unspecified atom stereocenters. The highest BCUT2D eigenvalue weighted by Crippen LogP contribution is 2.23. The summed E-state index contributed by atoms with van der Waals surface area (Å²) in [6.45, 7) is 3.01. The number of ether oxygens (including phenoxy) is 1. The number of hydrogen-bond acceptors (Lipinski definition) is 6. The second kappa shape index (κ2) is 12.0. The van der Waals surface area contributed by atoms with Crippen LogP contribution in [0, 0.1) is 10.1 Å². The Morgan fingerprint density at radius 1 is 1.14 bits per heavy atom. The van der Waals surface area contributed by atoms with Gasteiger partial charge in [-0.25, -0.2) is 5.43 Å². The van der Waals surface area contributed by atoms with E-state index in [1.807, 2.05) is 42.0 Å². The molecule has 9 heteroatoms. The summed E-state index contributed by atoms with van der Waals surface area (Å²) in [6, 6.07) is 21.5. The van der Waals surface area contributed by atoms with E-state index in [1.54, 1.807) is 42.6 Å². The van der Waals surface area contributed by atoms with E-state index in [1.165, 1.54) is 12.1 Å². The summed E-state index contributed by atoms with van der Waals surface area (Å²) in [4.78, 5) is 22.8. The van der Waals surface area contributed by atoms with Crippen LogP contribution in [-0.2, 0) is 11.3 Å². The van der Waals surface area contributed by atoms with E-state index in [-0.39, 0.29) is 24.4 Å². The van der Waals surface area contributed by atoms with Crippen LogP contribution < -0.4 is 10.2 Å². The average molecular weight is 501 g/mol.